The molecule has 0 spiro atoms. The Morgan fingerprint density at radius 3 is 2.34 bits per heavy atom. The van der Waals surface area contributed by atoms with Crippen molar-refractivity contribution in [3.63, 3.8) is 0 Å². The van der Waals surface area contributed by atoms with Crippen molar-refractivity contribution in [3.05, 3.63) is 71.8 Å². The van der Waals surface area contributed by atoms with E-state index in [1.54, 1.807) is 48.5 Å². The predicted molar refractivity (Wildman–Crippen MR) is 127 cm³/mol. The third kappa shape index (κ3) is 7.57. The van der Waals surface area contributed by atoms with Crippen molar-refractivity contribution in [2.75, 3.05) is 6.61 Å². The molecule has 0 N–H and O–H groups in total. The Labute approximate surface area is 191 Å². The van der Waals surface area contributed by atoms with Crippen molar-refractivity contribution in [1.29, 1.82) is 5.26 Å². The molecule has 0 aromatic heterocycles. The minimum absolute atomic E-state index is 0.412. The highest BCUT2D eigenvalue weighted by atomic mass is 16.5. The predicted octanol–water partition coefficient (Wildman–Crippen LogP) is 7.10. The van der Waals surface area contributed by atoms with Crippen LogP contribution in [-0.2, 0) is 0 Å². The number of hydrogen-bond donors (Lipinski definition) is 0. The quantitative estimate of drug-likeness (QED) is 0.174. The van der Waals surface area contributed by atoms with E-state index in [9.17, 15) is 4.79 Å². The molecular formula is C28H33NO3. The lowest BCUT2D eigenvalue weighted by atomic mass is 9.79. The fraction of sp³-hybridized carbons (Fsp3) is 0.429. The van der Waals surface area contributed by atoms with Gasteiger partial charge in [-0.15, -0.1) is 0 Å². The van der Waals surface area contributed by atoms with Gasteiger partial charge in [-0.05, 0) is 86.1 Å². The first-order valence-corrected chi connectivity index (χ1v) is 11.8. The number of esters is 1. The number of benzene rings is 2. The van der Waals surface area contributed by atoms with E-state index in [1.807, 2.05) is 6.07 Å². The number of hydrogen-bond acceptors (Lipinski definition) is 4. The molecule has 0 bridgehead atoms. The lowest BCUT2D eigenvalue weighted by Gasteiger charge is -2.26. The molecule has 1 fully saturated rings. The zero-order valence-electron chi connectivity index (χ0n) is 19.0. The molecule has 1 aliphatic rings. The summed E-state index contributed by atoms with van der Waals surface area (Å²) >= 11 is 0. The van der Waals surface area contributed by atoms with Crippen LogP contribution >= 0.6 is 0 Å². The van der Waals surface area contributed by atoms with Gasteiger partial charge in [-0.3, -0.25) is 0 Å². The molecule has 0 radical (unpaired) electrons. The molecule has 32 heavy (non-hydrogen) atoms. The summed E-state index contributed by atoms with van der Waals surface area (Å²) < 4.78 is 11.1. The van der Waals surface area contributed by atoms with Crippen LogP contribution in [0.1, 0.15) is 74.2 Å². The summed E-state index contributed by atoms with van der Waals surface area (Å²) in [6, 6.07) is 15.5. The van der Waals surface area contributed by atoms with Crippen molar-refractivity contribution in [2.45, 2.75) is 58.3 Å². The maximum absolute atomic E-state index is 12.3. The van der Waals surface area contributed by atoms with Crippen molar-refractivity contribution in [3.8, 4) is 17.6 Å². The van der Waals surface area contributed by atoms with Crippen LogP contribution in [0.4, 0.5) is 0 Å². The van der Waals surface area contributed by atoms with Crippen LogP contribution < -0.4 is 9.47 Å². The first kappa shape index (κ1) is 23.6. The third-order valence-corrected chi connectivity index (χ3v) is 6.15. The third-order valence-electron chi connectivity index (χ3n) is 6.15. The number of nitrogens with zero attached hydrogens (tertiary/aromatic N) is 1. The standard InChI is InChI=1S/C28H33NO3/c1-2-3-4-6-22-8-10-23(11-9-22)7-5-20-31-26-18-14-25(15-19-26)28(30)32-27-16-12-24(21-29)13-17-27/h5,7,12-19,22-23H,2-4,6,8-11,20H2,1H3/b7-5+/t22-,23-. The van der Waals surface area contributed by atoms with Gasteiger partial charge in [-0.2, -0.15) is 5.26 Å². The first-order chi connectivity index (χ1) is 15.7. The van der Waals surface area contributed by atoms with Crippen LogP contribution in [0.15, 0.2) is 60.7 Å². The largest absolute Gasteiger partial charge is 0.490 e. The van der Waals surface area contributed by atoms with E-state index in [0.29, 0.717) is 29.4 Å². The highest BCUT2D eigenvalue weighted by Gasteiger charge is 2.18. The van der Waals surface area contributed by atoms with E-state index in [0.717, 1.165) is 11.7 Å². The maximum Gasteiger partial charge on any atom is 0.343 e. The van der Waals surface area contributed by atoms with Gasteiger partial charge in [0.05, 0.1) is 17.2 Å². The zero-order valence-corrected chi connectivity index (χ0v) is 19.0. The van der Waals surface area contributed by atoms with Gasteiger partial charge in [0.2, 0.25) is 0 Å². The molecule has 0 heterocycles. The topological polar surface area (TPSA) is 59.3 Å². The monoisotopic (exact) mass is 431 g/mol. The molecule has 0 atom stereocenters. The normalized spacial score (nSPS) is 18.2. The number of unbranched alkanes of at least 4 members (excludes halogenated alkanes) is 2. The molecule has 2 aromatic carbocycles. The van der Waals surface area contributed by atoms with Crippen LogP contribution in [0.25, 0.3) is 0 Å². The summed E-state index contributed by atoms with van der Waals surface area (Å²) in [5.41, 5.74) is 0.975. The second kappa shape index (κ2) is 12.7. The average Bonchev–Trinajstić information content (AvgIpc) is 2.84. The van der Waals surface area contributed by atoms with Gasteiger partial charge in [-0.1, -0.05) is 44.8 Å². The second-order valence-electron chi connectivity index (χ2n) is 8.57. The SMILES string of the molecule is CCCCC[C@H]1CC[C@H](/C=C/COc2ccc(C(=O)Oc3ccc(C#N)cc3)cc2)CC1. The molecule has 2 aromatic rings. The van der Waals surface area contributed by atoms with Gasteiger partial charge >= 0.3 is 5.97 Å². The van der Waals surface area contributed by atoms with Crippen LogP contribution in [0.2, 0.25) is 0 Å². The average molecular weight is 432 g/mol. The van der Waals surface area contributed by atoms with Crippen LogP contribution in [0.3, 0.4) is 0 Å². The molecule has 3 rings (SSSR count). The summed E-state index contributed by atoms with van der Waals surface area (Å²) in [5, 5.41) is 8.83. The van der Waals surface area contributed by atoms with Crippen molar-refractivity contribution >= 4 is 5.97 Å². The maximum atomic E-state index is 12.3. The van der Waals surface area contributed by atoms with E-state index in [4.69, 9.17) is 14.7 Å². The minimum atomic E-state index is -0.438. The van der Waals surface area contributed by atoms with Crippen LogP contribution in [-0.4, -0.2) is 12.6 Å². The van der Waals surface area contributed by atoms with Crippen LogP contribution in [0.5, 0.6) is 11.5 Å². The Kier molecular flexibility index (Phi) is 9.37. The van der Waals surface area contributed by atoms with E-state index < -0.39 is 5.97 Å². The first-order valence-electron chi connectivity index (χ1n) is 11.8. The Morgan fingerprint density at radius 1 is 1.00 bits per heavy atom. The van der Waals surface area contributed by atoms with E-state index in [1.165, 1.54) is 51.4 Å². The van der Waals surface area contributed by atoms with Gasteiger partial charge in [0.1, 0.15) is 18.1 Å². The van der Waals surface area contributed by atoms with Crippen molar-refractivity contribution < 1.29 is 14.3 Å². The zero-order chi connectivity index (χ0) is 22.6. The van der Waals surface area contributed by atoms with E-state index in [-0.39, 0.29) is 0 Å². The summed E-state index contributed by atoms with van der Waals surface area (Å²) in [4.78, 5) is 12.3. The fourth-order valence-corrected chi connectivity index (χ4v) is 4.20. The Morgan fingerprint density at radius 2 is 1.69 bits per heavy atom. The minimum Gasteiger partial charge on any atom is -0.490 e. The summed E-state index contributed by atoms with van der Waals surface area (Å²) in [6.07, 6.45) is 15.2. The molecule has 0 unspecified atom stereocenters. The Hall–Kier alpha value is -3.06. The highest BCUT2D eigenvalue weighted by molar-refractivity contribution is 5.91. The molecule has 4 heteroatoms. The van der Waals surface area contributed by atoms with E-state index in [2.05, 4.69) is 19.1 Å². The molecule has 4 nitrogen and oxygen atoms in total. The lowest BCUT2D eigenvalue weighted by Crippen LogP contribution is -2.13. The summed E-state index contributed by atoms with van der Waals surface area (Å²) in [7, 11) is 0. The highest BCUT2D eigenvalue weighted by Crippen LogP contribution is 2.32. The molecule has 1 aliphatic carbocycles. The van der Waals surface area contributed by atoms with Gasteiger partial charge < -0.3 is 9.47 Å². The number of ether oxygens (including phenoxy) is 2. The second-order valence-corrected chi connectivity index (χ2v) is 8.57. The number of carbonyl (C=O) groups is 1. The smallest absolute Gasteiger partial charge is 0.343 e. The summed E-state index contributed by atoms with van der Waals surface area (Å²) in [5.74, 6) is 2.31. The molecular weight excluding hydrogens is 398 g/mol. The molecule has 0 aliphatic heterocycles. The van der Waals surface area contributed by atoms with Gasteiger partial charge in [0.25, 0.3) is 0 Å². The van der Waals surface area contributed by atoms with E-state index >= 15 is 0 Å². The Bertz CT molecular complexity index is 901. The number of nitriles is 1. The molecule has 0 amide bonds. The number of allylic oxidation sites excluding steroid dienone is 1. The number of carbonyl (C=O) groups excluding carboxylic acids is 1. The van der Waals surface area contributed by atoms with Gasteiger partial charge in [-0.25, -0.2) is 4.79 Å². The van der Waals surface area contributed by atoms with Crippen molar-refractivity contribution in [2.24, 2.45) is 11.8 Å². The van der Waals surface area contributed by atoms with Crippen LogP contribution in [0, 0.1) is 23.2 Å². The van der Waals surface area contributed by atoms with Gasteiger partial charge in [0, 0.05) is 0 Å². The Balaban J connectivity index is 1.37. The molecule has 1 saturated carbocycles. The fourth-order valence-electron chi connectivity index (χ4n) is 4.20. The summed E-state index contributed by atoms with van der Waals surface area (Å²) in [6.45, 7) is 2.80. The number of rotatable bonds is 10. The van der Waals surface area contributed by atoms with Gasteiger partial charge in [0.15, 0.2) is 0 Å². The molecule has 0 saturated heterocycles. The lowest BCUT2D eigenvalue weighted by molar-refractivity contribution is 0.0734. The van der Waals surface area contributed by atoms with Crippen molar-refractivity contribution in [1.82, 2.24) is 0 Å². The molecule has 168 valence electrons.